The Bertz CT molecular complexity index is 812. The Hall–Kier alpha value is -1.47. The number of benzene rings is 1. The molecule has 0 saturated carbocycles. The number of nitrogens with zero attached hydrogens (tertiary/aromatic N) is 2. The van der Waals surface area contributed by atoms with Gasteiger partial charge in [0.1, 0.15) is 0 Å². The second-order valence-electron chi connectivity index (χ2n) is 5.33. The van der Waals surface area contributed by atoms with Gasteiger partial charge in [0.25, 0.3) is 5.91 Å². The van der Waals surface area contributed by atoms with E-state index in [0.29, 0.717) is 18.5 Å². The van der Waals surface area contributed by atoms with Crippen LogP contribution in [0.1, 0.15) is 16.8 Å². The molecule has 2 fully saturated rings. The maximum absolute atomic E-state index is 12.5. The molecule has 20 heavy (non-hydrogen) atoms. The van der Waals surface area contributed by atoms with Crippen molar-refractivity contribution in [1.29, 1.82) is 0 Å². The molecule has 2 aliphatic heterocycles. The number of fused-ring (bicyclic) bond motifs is 3. The molecule has 7 heteroatoms. The Kier molecular flexibility index (Phi) is 2.47. The number of carbonyl (C=O) groups excluding carboxylic acids is 1. The first kappa shape index (κ1) is 12.3. The first-order chi connectivity index (χ1) is 9.54. The zero-order chi connectivity index (χ0) is 13.9. The quantitative estimate of drug-likeness (QED) is 0.796. The van der Waals surface area contributed by atoms with Crippen LogP contribution in [-0.2, 0) is 9.84 Å². The van der Waals surface area contributed by atoms with Crippen LogP contribution in [0.5, 0.6) is 0 Å². The number of sulfone groups is 1. The van der Waals surface area contributed by atoms with Gasteiger partial charge in [-0.2, -0.15) is 0 Å². The summed E-state index contributed by atoms with van der Waals surface area (Å²) in [6.07, 6.45) is 0.594. The maximum Gasteiger partial charge on any atom is 0.254 e. The molecule has 2 bridgehead atoms. The first-order valence-corrected chi connectivity index (χ1v) is 9.00. The van der Waals surface area contributed by atoms with Crippen LogP contribution in [0.15, 0.2) is 23.7 Å². The lowest BCUT2D eigenvalue weighted by Gasteiger charge is -2.26. The highest BCUT2D eigenvalue weighted by molar-refractivity contribution is 7.92. The molecule has 4 rings (SSSR count). The number of amides is 1. The predicted octanol–water partition coefficient (Wildman–Crippen LogP) is 1.31. The van der Waals surface area contributed by atoms with E-state index >= 15 is 0 Å². The van der Waals surface area contributed by atoms with Gasteiger partial charge in [-0.1, -0.05) is 0 Å². The van der Waals surface area contributed by atoms with Crippen molar-refractivity contribution in [1.82, 2.24) is 9.88 Å². The van der Waals surface area contributed by atoms with Crippen molar-refractivity contribution < 1.29 is 13.2 Å². The Morgan fingerprint density at radius 1 is 1.40 bits per heavy atom. The van der Waals surface area contributed by atoms with Crippen molar-refractivity contribution >= 4 is 37.3 Å². The normalized spacial score (nSPS) is 27.3. The minimum atomic E-state index is -2.96. The number of rotatable bonds is 1. The second-order valence-corrected chi connectivity index (χ2v) is 8.55. The van der Waals surface area contributed by atoms with Crippen molar-refractivity contribution in [2.45, 2.75) is 17.7 Å². The first-order valence-electron chi connectivity index (χ1n) is 6.40. The zero-order valence-electron chi connectivity index (χ0n) is 10.5. The van der Waals surface area contributed by atoms with Crippen LogP contribution in [0, 0.1) is 0 Å². The van der Waals surface area contributed by atoms with Gasteiger partial charge in [0.15, 0.2) is 9.84 Å². The summed E-state index contributed by atoms with van der Waals surface area (Å²) in [5.41, 5.74) is 3.26. The second kappa shape index (κ2) is 4.02. The van der Waals surface area contributed by atoms with Crippen molar-refractivity contribution in [3.63, 3.8) is 0 Å². The van der Waals surface area contributed by atoms with Gasteiger partial charge < -0.3 is 4.90 Å². The number of likely N-dealkylation sites (tertiary alicyclic amines) is 1. The van der Waals surface area contributed by atoms with E-state index in [1.54, 1.807) is 16.5 Å². The third kappa shape index (κ3) is 1.69. The fourth-order valence-electron chi connectivity index (χ4n) is 3.10. The average molecular weight is 308 g/mol. The fourth-order valence-corrected chi connectivity index (χ4v) is 5.84. The number of aromatic nitrogens is 1. The summed E-state index contributed by atoms with van der Waals surface area (Å²) in [5.74, 6) is 0.0503. The van der Waals surface area contributed by atoms with Crippen LogP contribution in [-0.4, -0.2) is 47.8 Å². The predicted molar refractivity (Wildman–Crippen MR) is 76.6 cm³/mol. The van der Waals surface area contributed by atoms with Crippen LogP contribution in [0.2, 0.25) is 0 Å². The minimum Gasteiger partial charge on any atom is -0.333 e. The molecule has 3 heterocycles. The summed E-state index contributed by atoms with van der Waals surface area (Å²) in [4.78, 5) is 18.4. The molecule has 2 aliphatic rings. The van der Waals surface area contributed by atoms with Gasteiger partial charge in [0.05, 0.1) is 26.7 Å². The molecule has 104 valence electrons. The van der Waals surface area contributed by atoms with Crippen LogP contribution in [0.3, 0.4) is 0 Å². The largest absolute Gasteiger partial charge is 0.333 e. The monoisotopic (exact) mass is 308 g/mol. The number of carbonyl (C=O) groups is 1. The molecule has 0 N–H and O–H groups in total. The number of thiazole rings is 1. The molecule has 1 aromatic heterocycles. The summed E-state index contributed by atoms with van der Waals surface area (Å²) in [7, 11) is -2.96. The van der Waals surface area contributed by atoms with E-state index in [1.807, 2.05) is 12.1 Å². The van der Waals surface area contributed by atoms with Gasteiger partial charge in [-0.15, -0.1) is 11.3 Å². The van der Waals surface area contributed by atoms with E-state index in [9.17, 15) is 13.2 Å². The van der Waals surface area contributed by atoms with Crippen molar-refractivity contribution in [2.75, 3.05) is 12.3 Å². The number of hydrogen-bond donors (Lipinski definition) is 0. The molecule has 2 saturated heterocycles. The highest BCUT2D eigenvalue weighted by Crippen LogP contribution is 2.34. The molecule has 2 unspecified atom stereocenters. The van der Waals surface area contributed by atoms with Crippen molar-refractivity contribution in [3.05, 3.63) is 29.3 Å². The number of hydrogen-bond acceptors (Lipinski definition) is 5. The summed E-state index contributed by atoms with van der Waals surface area (Å²) < 4.78 is 24.4. The third-order valence-corrected chi connectivity index (χ3v) is 7.15. The van der Waals surface area contributed by atoms with E-state index in [0.717, 1.165) is 10.2 Å². The molecular formula is C13H12N2O3S2. The molecule has 0 spiro atoms. The van der Waals surface area contributed by atoms with Gasteiger partial charge in [0, 0.05) is 18.2 Å². The Balaban J connectivity index is 1.65. The van der Waals surface area contributed by atoms with Gasteiger partial charge >= 0.3 is 0 Å². The highest BCUT2D eigenvalue weighted by atomic mass is 32.2. The summed E-state index contributed by atoms with van der Waals surface area (Å²) in [6.45, 7) is 0.340. The smallest absolute Gasteiger partial charge is 0.254 e. The summed E-state index contributed by atoms with van der Waals surface area (Å²) in [6, 6.07) is 5.31. The standard InChI is InChI=1S/C13H12N2O3S2/c16-13(8-1-2-11-12(3-8)19-7-14-11)15-5-10-4-9(15)6-20(10,17)18/h1-3,7,9-10H,4-6H2. The fraction of sp³-hybridized carbons (Fsp3) is 0.385. The van der Waals surface area contributed by atoms with E-state index in [-0.39, 0.29) is 23.0 Å². The van der Waals surface area contributed by atoms with Gasteiger partial charge in [-0.3, -0.25) is 4.79 Å². The molecule has 2 atom stereocenters. The molecule has 5 nitrogen and oxygen atoms in total. The van der Waals surface area contributed by atoms with Crippen molar-refractivity contribution in [2.24, 2.45) is 0 Å². The van der Waals surface area contributed by atoms with Crippen LogP contribution < -0.4 is 0 Å². The maximum atomic E-state index is 12.5. The van der Waals surface area contributed by atoms with E-state index < -0.39 is 9.84 Å². The zero-order valence-corrected chi connectivity index (χ0v) is 12.2. The Morgan fingerprint density at radius 3 is 2.95 bits per heavy atom. The molecule has 2 aromatic rings. The molecule has 0 aliphatic carbocycles. The van der Waals surface area contributed by atoms with Gasteiger partial charge in [-0.05, 0) is 24.6 Å². The summed E-state index contributed by atoms with van der Waals surface area (Å²) >= 11 is 1.50. The minimum absolute atomic E-state index is 0.0669. The summed E-state index contributed by atoms with van der Waals surface area (Å²) in [5, 5.41) is -0.358. The van der Waals surface area contributed by atoms with Crippen molar-refractivity contribution in [3.8, 4) is 0 Å². The lowest BCUT2D eigenvalue weighted by Crippen LogP contribution is -2.44. The van der Waals surface area contributed by atoms with Gasteiger partial charge in [0.2, 0.25) is 0 Å². The SMILES string of the molecule is O=C(c1ccc2ncsc2c1)N1CC2CC1CS2(=O)=O. The molecular weight excluding hydrogens is 296 g/mol. The van der Waals surface area contributed by atoms with Crippen LogP contribution in [0.4, 0.5) is 0 Å². The van der Waals surface area contributed by atoms with E-state index in [1.165, 1.54) is 11.3 Å². The third-order valence-electron chi connectivity index (χ3n) is 4.15. The molecule has 0 radical (unpaired) electrons. The Morgan fingerprint density at radius 2 is 2.25 bits per heavy atom. The molecule has 1 aromatic carbocycles. The highest BCUT2D eigenvalue weighted by Gasteiger charge is 2.50. The van der Waals surface area contributed by atoms with E-state index in [4.69, 9.17) is 0 Å². The lowest BCUT2D eigenvalue weighted by atomic mass is 10.1. The van der Waals surface area contributed by atoms with Crippen LogP contribution >= 0.6 is 11.3 Å². The average Bonchev–Trinajstić information content (AvgIpc) is 3.08. The Labute approximate surface area is 120 Å². The lowest BCUT2D eigenvalue weighted by molar-refractivity contribution is 0.0746. The molecule has 1 amide bonds. The van der Waals surface area contributed by atoms with Crippen LogP contribution in [0.25, 0.3) is 10.2 Å². The van der Waals surface area contributed by atoms with E-state index in [2.05, 4.69) is 4.98 Å². The topological polar surface area (TPSA) is 67.3 Å². The van der Waals surface area contributed by atoms with Gasteiger partial charge in [-0.25, -0.2) is 13.4 Å².